The fourth-order valence-electron chi connectivity index (χ4n) is 2.61. The molecule has 0 rings (SSSR count). The molecule has 1 N–H and O–H groups in total. The highest BCUT2D eigenvalue weighted by Crippen LogP contribution is 2.14. The zero-order chi connectivity index (χ0) is 19.7. The molecule has 154 valence electrons. The molecule has 0 aliphatic rings. The van der Waals surface area contributed by atoms with Crippen LogP contribution in [0.2, 0.25) is 0 Å². The Bertz CT molecular complexity index is 374. The normalized spacial score (nSPS) is 11.4. The molecule has 0 saturated heterocycles. The van der Waals surface area contributed by atoms with Crippen molar-refractivity contribution in [2.24, 2.45) is 0 Å². The number of rotatable bonds is 16. The maximum atomic E-state index is 11.9. The second-order valence-electron chi connectivity index (χ2n) is 6.64. The van der Waals surface area contributed by atoms with Crippen LogP contribution in [0.15, 0.2) is 0 Å². The highest BCUT2D eigenvalue weighted by molar-refractivity contribution is 5.85. The van der Waals surface area contributed by atoms with Crippen LogP contribution in [0.5, 0.6) is 0 Å². The van der Waals surface area contributed by atoms with Gasteiger partial charge in [0, 0.05) is 0 Å². The Morgan fingerprint density at radius 3 is 1.62 bits per heavy atom. The number of amides is 1. The zero-order valence-corrected chi connectivity index (χ0v) is 16.0. The van der Waals surface area contributed by atoms with Crippen LogP contribution >= 0.6 is 0 Å². The number of hydrogen-bond acceptors (Lipinski definition) is 3. The van der Waals surface area contributed by atoms with E-state index in [9.17, 15) is 22.8 Å². The summed E-state index contributed by atoms with van der Waals surface area (Å²) in [6, 6.07) is 0. The van der Waals surface area contributed by atoms with Crippen molar-refractivity contribution in [1.29, 1.82) is 0 Å². The highest BCUT2D eigenvalue weighted by atomic mass is 19.4. The number of unbranched alkanes of at least 4 members (excludes halogenated alkanes) is 12. The van der Waals surface area contributed by atoms with Gasteiger partial charge in [0.15, 0.2) is 0 Å². The second-order valence-corrected chi connectivity index (χ2v) is 6.64. The summed E-state index contributed by atoms with van der Waals surface area (Å²) >= 11 is 0. The Labute approximate surface area is 155 Å². The van der Waals surface area contributed by atoms with Crippen LogP contribution in [0.3, 0.4) is 0 Å². The number of halogens is 3. The molecule has 0 unspecified atom stereocenters. The molecule has 4 nitrogen and oxygen atoms in total. The van der Waals surface area contributed by atoms with E-state index in [1.54, 1.807) is 0 Å². The molecule has 0 saturated carbocycles. The lowest BCUT2D eigenvalue weighted by atomic mass is 10.0. The maximum absolute atomic E-state index is 11.9. The molecule has 0 spiro atoms. The van der Waals surface area contributed by atoms with Crippen molar-refractivity contribution < 1.29 is 27.5 Å². The van der Waals surface area contributed by atoms with Crippen LogP contribution in [0, 0.1) is 0 Å². The van der Waals surface area contributed by atoms with Gasteiger partial charge in [-0.1, -0.05) is 84.0 Å². The topological polar surface area (TPSA) is 55.4 Å². The van der Waals surface area contributed by atoms with E-state index in [-0.39, 0.29) is 6.61 Å². The summed E-state index contributed by atoms with van der Waals surface area (Å²) in [6.07, 6.45) is 10.7. The van der Waals surface area contributed by atoms with E-state index in [0.29, 0.717) is 6.42 Å². The lowest BCUT2D eigenvalue weighted by Crippen LogP contribution is -2.40. The van der Waals surface area contributed by atoms with Crippen molar-refractivity contribution >= 4 is 11.9 Å². The van der Waals surface area contributed by atoms with Gasteiger partial charge >= 0.3 is 18.1 Å². The molecule has 0 heterocycles. The minimum absolute atomic E-state index is 0.179. The minimum atomic E-state index is -4.98. The van der Waals surface area contributed by atoms with Crippen LogP contribution in [0.4, 0.5) is 13.2 Å². The summed E-state index contributed by atoms with van der Waals surface area (Å²) in [5.41, 5.74) is 0. The molecular weight excluding hydrogens is 347 g/mol. The molecular formula is C19H34F3NO3. The second kappa shape index (κ2) is 15.9. The third-order valence-electron chi connectivity index (χ3n) is 4.16. The number of hydrogen-bond donors (Lipinski definition) is 1. The van der Waals surface area contributed by atoms with Gasteiger partial charge in [0.05, 0.1) is 6.61 Å². The standard InChI is InChI=1S/C19H34F3NO3/c1-2-3-4-5-6-7-8-9-10-11-12-13-14-15-26-17(24)16-23-18(25)19(20,21)22/h2-16H2,1H3,(H,23,25). The average molecular weight is 381 g/mol. The summed E-state index contributed by atoms with van der Waals surface area (Å²) in [4.78, 5) is 21.7. The summed E-state index contributed by atoms with van der Waals surface area (Å²) in [7, 11) is 0. The van der Waals surface area contributed by atoms with E-state index >= 15 is 0 Å². The average Bonchev–Trinajstić information content (AvgIpc) is 2.59. The van der Waals surface area contributed by atoms with Gasteiger partial charge < -0.3 is 10.1 Å². The van der Waals surface area contributed by atoms with Crippen LogP contribution in [0.25, 0.3) is 0 Å². The predicted molar refractivity (Wildman–Crippen MR) is 95.7 cm³/mol. The molecule has 0 atom stereocenters. The van der Waals surface area contributed by atoms with Crippen LogP contribution in [0.1, 0.15) is 90.4 Å². The third kappa shape index (κ3) is 16.2. The molecule has 0 aromatic rings. The van der Waals surface area contributed by atoms with Crippen molar-refractivity contribution in [3.8, 4) is 0 Å². The summed E-state index contributed by atoms with van der Waals surface area (Å²) in [5, 5.41) is 1.48. The van der Waals surface area contributed by atoms with Gasteiger partial charge in [-0.05, 0) is 6.42 Å². The van der Waals surface area contributed by atoms with Crippen LogP contribution < -0.4 is 5.32 Å². The summed E-state index contributed by atoms with van der Waals surface area (Å²) in [6.45, 7) is 1.65. The van der Waals surface area contributed by atoms with Gasteiger partial charge in [-0.2, -0.15) is 13.2 Å². The monoisotopic (exact) mass is 381 g/mol. The Balaban J connectivity index is 3.28. The fraction of sp³-hybridized carbons (Fsp3) is 0.895. The highest BCUT2D eigenvalue weighted by Gasteiger charge is 2.38. The van der Waals surface area contributed by atoms with Gasteiger partial charge in [-0.25, -0.2) is 0 Å². The van der Waals surface area contributed by atoms with E-state index in [4.69, 9.17) is 4.74 Å². The van der Waals surface area contributed by atoms with Crippen molar-refractivity contribution in [1.82, 2.24) is 5.32 Å². The summed E-state index contributed by atoms with van der Waals surface area (Å²) in [5.74, 6) is -2.98. The number of carbonyl (C=O) groups excluding carboxylic acids is 2. The van der Waals surface area contributed by atoms with Gasteiger partial charge in [0.2, 0.25) is 0 Å². The van der Waals surface area contributed by atoms with Crippen molar-refractivity contribution in [3.63, 3.8) is 0 Å². The van der Waals surface area contributed by atoms with Crippen molar-refractivity contribution in [2.75, 3.05) is 13.2 Å². The molecule has 0 aliphatic carbocycles. The van der Waals surface area contributed by atoms with Gasteiger partial charge in [0.1, 0.15) is 6.54 Å². The van der Waals surface area contributed by atoms with E-state index in [0.717, 1.165) is 19.3 Å². The van der Waals surface area contributed by atoms with Gasteiger partial charge in [-0.3, -0.25) is 9.59 Å². The Kier molecular flexibility index (Phi) is 15.2. The number of ether oxygens (including phenoxy) is 1. The molecule has 0 aromatic carbocycles. The number of nitrogens with one attached hydrogen (secondary N) is 1. The number of esters is 1. The first kappa shape index (κ1) is 24.7. The molecule has 0 aliphatic heterocycles. The largest absolute Gasteiger partial charge is 0.471 e. The Hall–Kier alpha value is -1.27. The first-order chi connectivity index (χ1) is 12.4. The van der Waals surface area contributed by atoms with Crippen LogP contribution in [-0.2, 0) is 14.3 Å². The first-order valence-corrected chi connectivity index (χ1v) is 9.88. The smallest absolute Gasteiger partial charge is 0.464 e. The molecule has 0 radical (unpaired) electrons. The molecule has 0 bridgehead atoms. The molecule has 7 heteroatoms. The van der Waals surface area contributed by atoms with E-state index in [2.05, 4.69) is 6.92 Å². The van der Waals surface area contributed by atoms with E-state index < -0.39 is 24.6 Å². The third-order valence-corrected chi connectivity index (χ3v) is 4.16. The number of carbonyl (C=O) groups is 2. The zero-order valence-electron chi connectivity index (χ0n) is 16.0. The van der Waals surface area contributed by atoms with E-state index in [1.165, 1.54) is 63.1 Å². The van der Waals surface area contributed by atoms with E-state index in [1.807, 2.05) is 0 Å². The molecule has 1 amide bonds. The van der Waals surface area contributed by atoms with Crippen LogP contribution in [-0.4, -0.2) is 31.2 Å². The SMILES string of the molecule is CCCCCCCCCCCCCCCOC(=O)CNC(=O)C(F)(F)F. The lowest BCUT2D eigenvalue weighted by Gasteiger charge is -2.08. The van der Waals surface area contributed by atoms with Gasteiger partial charge in [0.25, 0.3) is 0 Å². The molecule has 26 heavy (non-hydrogen) atoms. The van der Waals surface area contributed by atoms with Crippen molar-refractivity contribution in [2.45, 2.75) is 96.6 Å². The maximum Gasteiger partial charge on any atom is 0.471 e. The van der Waals surface area contributed by atoms with Gasteiger partial charge in [-0.15, -0.1) is 0 Å². The molecule has 0 fully saturated rings. The summed E-state index contributed by atoms with van der Waals surface area (Å²) < 4.78 is 40.5. The quantitative estimate of drug-likeness (QED) is 0.292. The molecule has 0 aromatic heterocycles. The fourth-order valence-corrected chi connectivity index (χ4v) is 2.61. The lowest BCUT2D eigenvalue weighted by molar-refractivity contribution is -0.174. The van der Waals surface area contributed by atoms with Crippen molar-refractivity contribution in [3.05, 3.63) is 0 Å². The first-order valence-electron chi connectivity index (χ1n) is 9.88. The minimum Gasteiger partial charge on any atom is -0.464 e. The Morgan fingerprint density at radius 1 is 0.769 bits per heavy atom. The Morgan fingerprint density at radius 2 is 1.19 bits per heavy atom. The number of alkyl halides is 3. The predicted octanol–water partition coefficient (Wildman–Crippen LogP) is 5.30.